The van der Waals surface area contributed by atoms with Crippen molar-refractivity contribution in [2.75, 3.05) is 6.26 Å². The van der Waals surface area contributed by atoms with Gasteiger partial charge in [0.25, 0.3) is 0 Å². The zero-order chi connectivity index (χ0) is 19.3. The van der Waals surface area contributed by atoms with Crippen LogP contribution in [0.15, 0.2) is 40.0 Å². The van der Waals surface area contributed by atoms with Crippen molar-refractivity contribution in [3.05, 3.63) is 47.4 Å². The summed E-state index contributed by atoms with van der Waals surface area (Å²) in [4.78, 5) is 12.3. The van der Waals surface area contributed by atoms with Crippen LogP contribution in [-0.4, -0.2) is 30.8 Å². The lowest BCUT2D eigenvalue weighted by molar-refractivity contribution is -0.117. The molecule has 0 unspecified atom stereocenters. The van der Waals surface area contributed by atoms with Gasteiger partial charge in [-0.25, -0.2) is 8.42 Å². The molecule has 8 heteroatoms. The maximum absolute atomic E-state index is 12.3. The zero-order valence-electron chi connectivity index (χ0n) is 15.3. The minimum atomic E-state index is -3.59. The highest BCUT2D eigenvalue weighted by molar-refractivity contribution is 7.90. The van der Waals surface area contributed by atoms with Crippen LogP contribution in [0.2, 0.25) is 0 Å². The molecule has 0 saturated carbocycles. The highest BCUT2D eigenvalue weighted by atomic mass is 32.2. The molecule has 140 valence electrons. The Kier molecular flexibility index (Phi) is 6.31. The molecule has 0 spiro atoms. The van der Waals surface area contributed by atoms with Crippen LogP contribution in [0.4, 0.5) is 0 Å². The molecule has 0 aliphatic rings. The molecule has 1 aromatic heterocycles. The fourth-order valence-electron chi connectivity index (χ4n) is 2.23. The number of aromatic nitrogens is 2. The van der Waals surface area contributed by atoms with Crippen molar-refractivity contribution < 1.29 is 17.6 Å². The molecule has 1 heterocycles. The number of hydrogen-bond donors (Lipinski definition) is 1. The molecule has 0 aliphatic carbocycles. The SMILES string of the molecule is CC[C@@H](C)[C@H](NC(=O)/C=C/c1ccc(C)cc1)c1nnc(S(C)(=O)=O)o1. The molecule has 7 nitrogen and oxygen atoms in total. The van der Waals surface area contributed by atoms with Gasteiger partial charge in [0.2, 0.25) is 21.6 Å². The van der Waals surface area contributed by atoms with E-state index >= 15 is 0 Å². The number of sulfone groups is 1. The van der Waals surface area contributed by atoms with Gasteiger partial charge in [0, 0.05) is 12.3 Å². The molecule has 2 atom stereocenters. The quantitative estimate of drug-likeness (QED) is 0.744. The Bertz CT molecular complexity index is 885. The third kappa shape index (κ3) is 5.26. The maximum Gasteiger partial charge on any atom is 0.335 e. The summed E-state index contributed by atoms with van der Waals surface area (Å²) in [5.74, 6) is -0.258. The average molecular weight is 377 g/mol. The van der Waals surface area contributed by atoms with Gasteiger partial charge < -0.3 is 9.73 Å². The van der Waals surface area contributed by atoms with Crippen LogP contribution in [0, 0.1) is 12.8 Å². The Morgan fingerprint density at radius 3 is 2.46 bits per heavy atom. The lowest BCUT2D eigenvalue weighted by Crippen LogP contribution is -2.31. The predicted molar refractivity (Wildman–Crippen MR) is 98.0 cm³/mol. The topological polar surface area (TPSA) is 102 Å². The Balaban J connectivity index is 2.16. The number of amides is 1. The third-order valence-electron chi connectivity index (χ3n) is 4.02. The van der Waals surface area contributed by atoms with E-state index in [2.05, 4.69) is 15.5 Å². The van der Waals surface area contributed by atoms with E-state index in [1.807, 2.05) is 45.0 Å². The van der Waals surface area contributed by atoms with E-state index in [0.29, 0.717) is 0 Å². The van der Waals surface area contributed by atoms with Crippen molar-refractivity contribution in [2.24, 2.45) is 5.92 Å². The van der Waals surface area contributed by atoms with Crippen molar-refractivity contribution in [2.45, 2.75) is 38.5 Å². The number of hydrogen-bond acceptors (Lipinski definition) is 6. The van der Waals surface area contributed by atoms with Gasteiger partial charge in [-0.1, -0.05) is 55.2 Å². The summed E-state index contributed by atoms with van der Waals surface area (Å²) in [6.07, 6.45) is 4.86. The smallest absolute Gasteiger partial charge is 0.335 e. The molecule has 0 bridgehead atoms. The van der Waals surface area contributed by atoms with Crippen molar-refractivity contribution in [1.82, 2.24) is 15.5 Å². The Morgan fingerprint density at radius 1 is 1.27 bits per heavy atom. The average Bonchev–Trinajstić information content (AvgIpc) is 3.08. The standard InChI is InChI=1S/C18H23N3O4S/c1-5-13(3)16(17-20-21-18(25-17)26(4,23)24)19-15(22)11-10-14-8-6-12(2)7-9-14/h6-11,13,16H,5H2,1-4H3,(H,19,22)/b11-10+/t13-,16+/m1/s1. The first-order valence-electron chi connectivity index (χ1n) is 8.29. The van der Waals surface area contributed by atoms with E-state index in [4.69, 9.17) is 4.42 Å². The van der Waals surface area contributed by atoms with E-state index in [-0.39, 0.29) is 17.7 Å². The van der Waals surface area contributed by atoms with Crippen LogP contribution < -0.4 is 5.32 Å². The second-order valence-corrected chi connectivity index (χ2v) is 8.19. The number of rotatable bonds is 7. The minimum absolute atomic E-state index is 0.0143. The van der Waals surface area contributed by atoms with Gasteiger partial charge in [-0.15, -0.1) is 5.10 Å². The first kappa shape index (κ1) is 19.8. The summed E-state index contributed by atoms with van der Waals surface area (Å²) < 4.78 is 28.3. The summed E-state index contributed by atoms with van der Waals surface area (Å²) in [5.41, 5.74) is 2.05. The molecule has 2 rings (SSSR count). The molecule has 0 fully saturated rings. The van der Waals surface area contributed by atoms with E-state index in [1.165, 1.54) is 6.08 Å². The van der Waals surface area contributed by atoms with Gasteiger partial charge in [0.1, 0.15) is 6.04 Å². The monoisotopic (exact) mass is 377 g/mol. The van der Waals surface area contributed by atoms with Gasteiger partial charge in [-0.05, 0) is 24.5 Å². The molecule has 2 aromatic rings. The molecule has 1 aromatic carbocycles. The Hall–Kier alpha value is -2.48. The number of nitrogens with zero attached hydrogens (tertiary/aromatic N) is 2. The first-order chi connectivity index (χ1) is 12.2. The van der Waals surface area contributed by atoms with E-state index in [0.717, 1.165) is 23.8 Å². The van der Waals surface area contributed by atoms with Gasteiger partial charge in [0.15, 0.2) is 0 Å². The minimum Gasteiger partial charge on any atom is -0.410 e. The van der Waals surface area contributed by atoms with Crippen molar-refractivity contribution >= 4 is 21.8 Å². The highest BCUT2D eigenvalue weighted by Gasteiger charge is 2.27. The number of nitrogens with one attached hydrogen (secondary N) is 1. The molecule has 0 aliphatic heterocycles. The van der Waals surface area contributed by atoms with E-state index < -0.39 is 21.1 Å². The Morgan fingerprint density at radius 2 is 1.92 bits per heavy atom. The Labute approximate surface area is 153 Å². The number of carbonyl (C=O) groups is 1. The first-order valence-corrected chi connectivity index (χ1v) is 10.2. The number of aryl methyl sites for hydroxylation is 1. The lowest BCUT2D eigenvalue weighted by Gasteiger charge is -2.20. The number of carbonyl (C=O) groups excluding carboxylic acids is 1. The number of benzene rings is 1. The normalized spacial score (nSPS) is 14.3. The summed E-state index contributed by atoms with van der Waals surface area (Å²) in [6, 6.07) is 7.19. The van der Waals surface area contributed by atoms with Crippen LogP contribution in [-0.2, 0) is 14.6 Å². The third-order valence-corrected chi connectivity index (χ3v) is 4.82. The fourth-order valence-corrected chi connectivity index (χ4v) is 2.66. The summed E-state index contributed by atoms with van der Waals surface area (Å²) in [7, 11) is -3.59. The largest absolute Gasteiger partial charge is 0.410 e. The van der Waals surface area contributed by atoms with Gasteiger partial charge in [0.05, 0.1) is 0 Å². The lowest BCUT2D eigenvalue weighted by atomic mass is 9.99. The van der Waals surface area contributed by atoms with Crippen molar-refractivity contribution in [1.29, 1.82) is 0 Å². The second-order valence-electron chi connectivity index (χ2n) is 6.29. The molecule has 0 radical (unpaired) electrons. The van der Waals surface area contributed by atoms with Gasteiger partial charge >= 0.3 is 5.22 Å². The second kappa shape index (κ2) is 8.27. The van der Waals surface area contributed by atoms with Crippen molar-refractivity contribution in [3.63, 3.8) is 0 Å². The molecular weight excluding hydrogens is 354 g/mol. The predicted octanol–water partition coefficient (Wildman–Crippen LogP) is 2.70. The van der Waals surface area contributed by atoms with Crippen molar-refractivity contribution in [3.8, 4) is 0 Å². The van der Waals surface area contributed by atoms with Crippen LogP contribution in [0.5, 0.6) is 0 Å². The van der Waals surface area contributed by atoms with Gasteiger partial charge in [-0.2, -0.15) is 0 Å². The van der Waals surface area contributed by atoms with Crippen LogP contribution >= 0.6 is 0 Å². The maximum atomic E-state index is 12.3. The van der Waals surface area contributed by atoms with Crippen LogP contribution in [0.25, 0.3) is 6.08 Å². The summed E-state index contributed by atoms with van der Waals surface area (Å²) in [6.45, 7) is 5.87. The molecule has 1 amide bonds. The van der Waals surface area contributed by atoms with E-state index in [9.17, 15) is 13.2 Å². The molecule has 1 N–H and O–H groups in total. The molecular formula is C18H23N3O4S. The van der Waals surface area contributed by atoms with Crippen LogP contribution in [0.1, 0.15) is 43.3 Å². The molecule has 26 heavy (non-hydrogen) atoms. The molecule has 0 saturated heterocycles. The van der Waals surface area contributed by atoms with E-state index in [1.54, 1.807) is 6.08 Å². The summed E-state index contributed by atoms with van der Waals surface area (Å²) >= 11 is 0. The summed E-state index contributed by atoms with van der Waals surface area (Å²) in [5, 5.41) is 9.72. The zero-order valence-corrected chi connectivity index (χ0v) is 16.1. The fraction of sp³-hybridized carbons (Fsp3) is 0.389. The van der Waals surface area contributed by atoms with Gasteiger partial charge in [-0.3, -0.25) is 4.79 Å². The highest BCUT2D eigenvalue weighted by Crippen LogP contribution is 2.24. The van der Waals surface area contributed by atoms with Crippen LogP contribution in [0.3, 0.4) is 0 Å².